The molecule has 1 aromatic heterocycles. The Hall–Kier alpha value is -1.95. The van der Waals surface area contributed by atoms with E-state index in [0.717, 1.165) is 0 Å². The first-order chi connectivity index (χ1) is 10.4. The van der Waals surface area contributed by atoms with Crippen molar-refractivity contribution in [1.29, 1.82) is 0 Å². The monoisotopic (exact) mass is 307 g/mol. The number of urea groups is 1. The minimum absolute atomic E-state index is 0.0662. The lowest BCUT2D eigenvalue weighted by atomic mass is 9.93. The number of Topliss-reactive ketones (excluding diaryl/α,β-unsaturated/α-hetero) is 1. The van der Waals surface area contributed by atoms with E-state index in [2.05, 4.69) is 4.98 Å². The molecule has 6 nitrogen and oxygen atoms in total. The highest BCUT2D eigenvalue weighted by molar-refractivity contribution is 5.93. The lowest BCUT2D eigenvalue weighted by Crippen LogP contribution is -2.60. The molecule has 1 aliphatic heterocycles. The second kappa shape index (κ2) is 7.89. The van der Waals surface area contributed by atoms with Crippen molar-refractivity contribution >= 4 is 11.8 Å². The summed E-state index contributed by atoms with van der Waals surface area (Å²) in [6, 6.07) is 5.24. The van der Waals surface area contributed by atoms with E-state index in [0.29, 0.717) is 5.69 Å². The zero-order chi connectivity index (χ0) is 16.8. The summed E-state index contributed by atoms with van der Waals surface area (Å²) in [4.78, 5) is 31.6. The predicted octanol–water partition coefficient (Wildman–Crippen LogP) is 2.30. The van der Waals surface area contributed by atoms with Gasteiger partial charge in [0.15, 0.2) is 5.78 Å². The molecule has 0 spiro atoms. The van der Waals surface area contributed by atoms with E-state index in [4.69, 9.17) is 4.74 Å². The van der Waals surface area contributed by atoms with Gasteiger partial charge < -0.3 is 9.64 Å². The van der Waals surface area contributed by atoms with Gasteiger partial charge in [-0.3, -0.25) is 14.7 Å². The molecule has 0 aromatic carbocycles. The van der Waals surface area contributed by atoms with E-state index in [9.17, 15) is 9.59 Å². The normalized spacial score (nSPS) is 15.2. The van der Waals surface area contributed by atoms with E-state index in [1.165, 1.54) is 9.80 Å². The van der Waals surface area contributed by atoms with Crippen LogP contribution in [0.15, 0.2) is 24.4 Å². The van der Waals surface area contributed by atoms with Crippen molar-refractivity contribution < 1.29 is 14.3 Å². The Morgan fingerprint density at radius 3 is 2.59 bits per heavy atom. The average Bonchev–Trinajstić information content (AvgIpc) is 2.52. The minimum atomic E-state index is -0.927. The molecule has 6 heteroatoms. The average molecular weight is 307 g/mol. The summed E-state index contributed by atoms with van der Waals surface area (Å²) >= 11 is 0. The summed E-state index contributed by atoms with van der Waals surface area (Å²) in [6.07, 6.45) is 1.85. The minimum Gasteiger partial charge on any atom is -0.340 e. The molecule has 0 unspecified atom stereocenters. The van der Waals surface area contributed by atoms with Gasteiger partial charge in [0, 0.05) is 18.9 Å². The topological polar surface area (TPSA) is 62.7 Å². The number of amides is 2. The zero-order valence-corrected chi connectivity index (χ0v) is 14.0. The number of carbonyl (C=O) groups is 2. The fourth-order valence-corrected chi connectivity index (χ4v) is 2.02. The second-order valence-electron chi connectivity index (χ2n) is 5.35. The van der Waals surface area contributed by atoms with E-state index in [-0.39, 0.29) is 31.7 Å². The molecular formula is C16H25N3O3. The van der Waals surface area contributed by atoms with Crippen LogP contribution >= 0.6 is 0 Å². The third kappa shape index (κ3) is 4.04. The summed E-state index contributed by atoms with van der Waals surface area (Å²) in [5.41, 5.74) is -0.229. The first-order valence-electron chi connectivity index (χ1n) is 7.46. The van der Waals surface area contributed by atoms with Crippen LogP contribution in [0.2, 0.25) is 0 Å². The molecule has 2 heterocycles. The Kier molecular flexibility index (Phi) is 6.49. The number of ether oxygens (including phenoxy) is 1. The van der Waals surface area contributed by atoms with Gasteiger partial charge in [-0.25, -0.2) is 4.79 Å². The summed E-state index contributed by atoms with van der Waals surface area (Å²) in [5.74, 6) is -0.0662. The molecule has 122 valence electrons. The number of pyridine rings is 1. The quantitative estimate of drug-likeness (QED) is 0.856. The number of hydrogen-bond donors (Lipinski definition) is 0. The van der Waals surface area contributed by atoms with Crippen molar-refractivity contribution in [3.05, 3.63) is 30.1 Å². The second-order valence-corrected chi connectivity index (χ2v) is 5.35. The van der Waals surface area contributed by atoms with Crippen molar-refractivity contribution in [2.75, 3.05) is 20.5 Å². The number of hydrogen-bond acceptors (Lipinski definition) is 4. The number of ketones is 1. The summed E-state index contributed by atoms with van der Waals surface area (Å²) in [7, 11) is 1.65. The standard InChI is InChI=1S/C14H19N3O3.C2H6/c1-14(2,17-10-20-9-16(3)13(17)19)12(18)8-11-6-4-5-7-15-11;1-2/h4-7H,8-10H2,1-3H3;1-2H3. The SMILES string of the molecule is CC.CN1COCN(C(C)(C)C(=O)Cc2ccccn2)C1=O. The summed E-state index contributed by atoms with van der Waals surface area (Å²) in [6.45, 7) is 7.85. The molecule has 1 fully saturated rings. The van der Waals surface area contributed by atoms with Gasteiger partial charge in [0.05, 0.1) is 6.42 Å². The van der Waals surface area contributed by atoms with Crippen molar-refractivity contribution in [2.45, 2.75) is 39.7 Å². The lowest BCUT2D eigenvalue weighted by molar-refractivity contribution is -0.135. The van der Waals surface area contributed by atoms with Crippen molar-refractivity contribution in [2.24, 2.45) is 0 Å². The van der Waals surface area contributed by atoms with Gasteiger partial charge in [-0.2, -0.15) is 0 Å². The van der Waals surface area contributed by atoms with Gasteiger partial charge in [0.1, 0.15) is 19.0 Å². The first kappa shape index (κ1) is 18.1. The third-order valence-electron chi connectivity index (χ3n) is 3.49. The Morgan fingerprint density at radius 2 is 2.00 bits per heavy atom. The van der Waals surface area contributed by atoms with E-state index in [1.807, 2.05) is 19.9 Å². The van der Waals surface area contributed by atoms with Crippen LogP contribution in [-0.2, 0) is 16.0 Å². The Balaban J connectivity index is 0.00000116. The molecule has 0 saturated carbocycles. The number of carbonyl (C=O) groups excluding carboxylic acids is 2. The highest BCUT2D eigenvalue weighted by Gasteiger charge is 2.40. The number of aromatic nitrogens is 1. The third-order valence-corrected chi connectivity index (χ3v) is 3.49. The summed E-state index contributed by atoms with van der Waals surface area (Å²) < 4.78 is 5.31. The molecule has 2 amide bonds. The molecule has 1 aliphatic rings. The maximum atomic E-state index is 12.5. The smallest absolute Gasteiger partial charge is 0.324 e. The summed E-state index contributed by atoms with van der Waals surface area (Å²) in [5, 5.41) is 0. The van der Waals surface area contributed by atoms with Crippen molar-refractivity contribution in [1.82, 2.24) is 14.8 Å². The fourth-order valence-electron chi connectivity index (χ4n) is 2.02. The van der Waals surface area contributed by atoms with Crippen LogP contribution in [0.3, 0.4) is 0 Å². The van der Waals surface area contributed by atoms with Crippen LogP contribution < -0.4 is 0 Å². The molecule has 0 N–H and O–H groups in total. The van der Waals surface area contributed by atoms with Crippen LogP contribution in [0.4, 0.5) is 4.79 Å². The molecule has 2 rings (SSSR count). The van der Waals surface area contributed by atoms with Crippen molar-refractivity contribution in [3.8, 4) is 0 Å². The molecule has 1 saturated heterocycles. The maximum Gasteiger partial charge on any atom is 0.324 e. The van der Waals surface area contributed by atoms with E-state index in [1.54, 1.807) is 39.2 Å². The molecule has 22 heavy (non-hydrogen) atoms. The highest BCUT2D eigenvalue weighted by atomic mass is 16.5. The van der Waals surface area contributed by atoms with Crippen LogP contribution in [0.1, 0.15) is 33.4 Å². The van der Waals surface area contributed by atoms with Gasteiger partial charge in [-0.15, -0.1) is 0 Å². The lowest BCUT2D eigenvalue weighted by Gasteiger charge is -2.42. The molecular weight excluding hydrogens is 282 g/mol. The molecule has 0 atom stereocenters. The highest BCUT2D eigenvalue weighted by Crippen LogP contribution is 2.21. The maximum absolute atomic E-state index is 12.5. The van der Waals surface area contributed by atoms with Gasteiger partial charge in [-0.1, -0.05) is 19.9 Å². The molecule has 0 bridgehead atoms. The van der Waals surface area contributed by atoms with Crippen molar-refractivity contribution in [3.63, 3.8) is 0 Å². The van der Waals surface area contributed by atoms with Gasteiger partial charge in [-0.05, 0) is 26.0 Å². The van der Waals surface area contributed by atoms with Crippen LogP contribution in [0.25, 0.3) is 0 Å². The van der Waals surface area contributed by atoms with Gasteiger partial charge >= 0.3 is 6.03 Å². The Labute approximate surface area is 132 Å². The van der Waals surface area contributed by atoms with Crippen LogP contribution in [0, 0.1) is 0 Å². The molecule has 0 radical (unpaired) electrons. The molecule has 1 aromatic rings. The van der Waals surface area contributed by atoms with Gasteiger partial charge in [0.25, 0.3) is 0 Å². The number of nitrogens with zero attached hydrogens (tertiary/aromatic N) is 3. The zero-order valence-electron chi connectivity index (χ0n) is 14.0. The van der Waals surface area contributed by atoms with Crippen LogP contribution in [-0.4, -0.2) is 52.6 Å². The molecule has 0 aliphatic carbocycles. The van der Waals surface area contributed by atoms with E-state index < -0.39 is 5.54 Å². The Bertz CT molecular complexity index is 503. The first-order valence-corrected chi connectivity index (χ1v) is 7.46. The van der Waals surface area contributed by atoms with Gasteiger partial charge in [0.2, 0.25) is 0 Å². The largest absolute Gasteiger partial charge is 0.340 e. The fraction of sp³-hybridized carbons (Fsp3) is 0.562. The Morgan fingerprint density at radius 1 is 1.32 bits per heavy atom. The van der Waals surface area contributed by atoms with E-state index >= 15 is 0 Å². The predicted molar refractivity (Wildman–Crippen MR) is 84.2 cm³/mol. The van der Waals surface area contributed by atoms with Crippen LogP contribution in [0.5, 0.6) is 0 Å². The number of rotatable bonds is 4.